The quantitative estimate of drug-likeness (QED) is 0.673. The minimum absolute atomic E-state index is 0.0625. The van der Waals surface area contributed by atoms with Gasteiger partial charge in [-0.05, 0) is 25.0 Å². The summed E-state index contributed by atoms with van der Waals surface area (Å²) >= 11 is 3.21. The van der Waals surface area contributed by atoms with Gasteiger partial charge in [0.25, 0.3) is 5.69 Å². The first kappa shape index (κ1) is 14.8. The van der Waals surface area contributed by atoms with E-state index in [-0.39, 0.29) is 5.69 Å². The highest BCUT2D eigenvalue weighted by Gasteiger charge is 2.31. The zero-order valence-electron chi connectivity index (χ0n) is 10.8. The minimum Gasteiger partial charge on any atom is -0.480 e. The maximum atomic E-state index is 11.4. The number of halogens is 1. The van der Waals surface area contributed by atoms with Gasteiger partial charge in [-0.3, -0.25) is 10.1 Å². The van der Waals surface area contributed by atoms with Crippen LogP contribution in [-0.2, 0) is 4.79 Å². The van der Waals surface area contributed by atoms with Gasteiger partial charge < -0.3 is 10.0 Å². The summed E-state index contributed by atoms with van der Waals surface area (Å²) in [6.07, 6.45) is 3.14. The maximum absolute atomic E-state index is 11.4. The summed E-state index contributed by atoms with van der Waals surface area (Å²) in [5.41, 5.74) is 0.319. The highest BCUT2D eigenvalue weighted by Crippen LogP contribution is 2.34. The maximum Gasteiger partial charge on any atom is 0.326 e. The fourth-order valence-corrected chi connectivity index (χ4v) is 2.89. The third kappa shape index (κ3) is 3.09. The largest absolute Gasteiger partial charge is 0.480 e. The van der Waals surface area contributed by atoms with Crippen molar-refractivity contribution < 1.29 is 14.8 Å². The van der Waals surface area contributed by atoms with Gasteiger partial charge in [-0.1, -0.05) is 28.8 Å². The SMILES string of the molecule is O=C(O)C1CCCCCN1c1ccc(Br)cc1[N+](=O)[O-]. The molecule has 1 saturated heterocycles. The lowest BCUT2D eigenvalue weighted by molar-refractivity contribution is -0.384. The molecule has 1 fully saturated rings. The Bertz CT molecular complexity index is 535. The van der Waals surface area contributed by atoms with Crippen molar-refractivity contribution in [2.24, 2.45) is 0 Å². The Morgan fingerprint density at radius 3 is 2.80 bits per heavy atom. The van der Waals surface area contributed by atoms with E-state index in [2.05, 4.69) is 15.9 Å². The van der Waals surface area contributed by atoms with Gasteiger partial charge in [0.2, 0.25) is 0 Å². The van der Waals surface area contributed by atoms with E-state index in [0.29, 0.717) is 23.1 Å². The van der Waals surface area contributed by atoms with Gasteiger partial charge >= 0.3 is 5.97 Å². The molecule has 7 heteroatoms. The first-order valence-electron chi connectivity index (χ1n) is 6.44. The van der Waals surface area contributed by atoms with E-state index in [1.54, 1.807) is 17.0 Å². The van der Waals surface area contributed by atoms with E-state index in [0.717, 1.165) is 19.3 Å². The molecule has 20 heavy (non-hydrogen) atoms. The van der Waals surface area contributed by atoms with Crippen molar-refractivity contribution in [2.75, 3.05) is 11.4 Å². The number of anilines is 1. The van der Waals surface area contributed by atoms with Crippen molar-refractivity contribution >= 4 is 33.3 Å². The van der Waals surface area contributed by atoms with Gasteiger partial charge in [-0.2, -0.15) is 0 Å². The summed E-state index contributed by atoms with van der Waals surface area (Å²) in [6, 6.07) is 4.03. The predicted molar refractivity (Wildman–Crippen MR) is 78.0 cm³/mol. The summed E-state index contributed by atoms with van der Waals surface area (Å²) in [5.74, 6) is -0.927. The van der Waals surface area contributed by atoms with Gasteiger partial charge in [-0.25, -0.2) is 4.79 Å². The van der Waals surface area contributed by atoms with Crippen molar-refractivity contribution in [2.45, 2.75) is 31.7 Å². The summed E-state index contributed by atoms with van der Waals surface area (Å²) in [5, 5.41) is 20.5. The van der Waals surface area contributed by atoms with Crippen molar-refractivity contribution in [1.29, 1.82) is 0 Å². The van der Waals surface area contributed by atoms with Gasteiger partial charge in [0.1, 0.15) is 11.7 Å². The van der Waals surface area contributed by atoms with E-state index in [9.17, 15) is 20.0 Å². The molecule has 0 saturated carbocycles. The number of nitro groups is 1. The number of hydrogen-bond donors (Lipinski definition) is 1. The second kappa shape index (κ2) is 6.21. The van der Waals surface area contributed by atoms with E-state index in [1.165, 1.54) is 6.07 Å². The molecule has 0 radical (unpaired) electrons. The third-order valence-electron chi connectivity index (χ3n) is 3.48. The molecular weight excluding hydrogens is 328 g/mol. The van der Waals surface area contributed by atoms with E-state index < -0.39 is 16.9 Å². The molecule has 1 aromatic carbocycles. The molecule has 2 rings (SSSR count). The molecule has 108 valence electrons. The first-order chi connectivity index (χ1) is 9.50. The summed E-state index contributed by atoms with van der Waals surface area (Å²) in [7, 11) is 0. The van der Waals surface area contributed by atoms with Crippen molar-refractivity contribution in [3.63, 3.8) is 0 Å². The van der Waals surface area contributed by atoms with Crippen molar-refractivity contribution in [3.8, 4) is 0 Å². The summed E-state index contributed by atoms with van der Waals surface area (Å²) in [6.45, 7) is 0.527. The van der Waals surface area contributed by atoms with Gasteiger partial charge in [0, 0.05) is 17.1 Å². The molecule has 0 spiro atoms. The van der Waals surface area contributed by atoms with Gasteiger partial charge in [-0.15, -0.1) is 0 Å². The van der Waals surface area contributed by atoms with Crippen LogP contribution in [-0.4, -0.2) is 28.6 Å². The molecule has 0 aromatic heterocycles. The van der Waals surface area contributed by atoms with Crippen LogP contribution in [0.25, 0.3) is 0 Å². The van der Waals surface area contributed by atoms with Crippen LogP contribution in [0.5, 0.6) is 0 Å². The van der Waals surface area contributed by atoms with Crippen molar-refractivity contribution in [3.05, 3.63) is 32.8 Å². The molecule has 0 bridgehead atoms. The highest BCUT2D eigenvalue weighted by molar-refractivity contribution is 9.10. The molecule has 6 nitrogen and oxygen atoms in total. The van der Waals surface area contributed by atoms with Crippen LogP contribution in [0.2, 0.25) is 0 Å². The van der Waals surface area contributed by atoms with Crippen LogP contribution in [0.4, 0.5) is 11.4 Å². The molecular formula is C13H15BrN2O4. The van der Waals surface area contributed by atoms with Crippen LogP contribution in [0, 0.1) is 10.1 Å². The lowest BCUT2D eigenvalue weighted by atomic mass is 10.1. The van der Waals surface area contributed by atoms with Crippen LogP contribution in [0.1, 0.15) is 25.7 Å². The molecule has 1 aromatic rings. The number of hydrogen-bond acceptors (Lipinski definition) is 4. The van der Waals surface area contributed by atoms with Crippen molar-refractivity contribution in [1.82, 2.24) is 0 Å². The molecule has 1 atom stereocenters. The van der Waals surface area contributed by atoms with Crippen LogP contribution in [0.15, 0.2) is 22.7 Å². The van der Waals surface area contributed by atoms with Crippen LogP contribution in [0.3, 0.4) is 0 Å². The molecule has 1 N–H and O–H groups in total. The van der Waals surface area contributed by atoms with E-state index in [4.69, 9.17) is 0 Å². The Labute approximate surface area is 124 Å². The average Bonchev–Trinajstić information content (AvgIpc) is 2.64. The Morgan fingerprint density at radius 2 is 2.15 bits per heavy atom. The monoisotopic (exact) mass is 342 g/mol. The lowest BCUT2D eigenvalue weighted by Crippen LogP contribution is -2.41. The number of aliphatic carboxylic acids is 1. The Hall–Kier alpha value is -1.63. The number of carboxylic acid groups (broad SMARTS) is 1. The highest BCUT2D eigenvalue weighted by atomic mass is 79.9. The Kier molecular flexibility index (Phi) is 4.59. The zero-order chi connectivity index (χ0) is 14.7. The molecule has 0 amide bonds. The number of nitrogens with zero attached hydrogens (tertiary/aromatic N) is 2. The number of carbonyl (C=O) groups is 1. The fraction of sp³-hybridized carbons (Fsp3) is 0.462. The topological polar surface area (TPSA) is 83.7 Å². The second-order valence-electron chi connectivity index (χ2n) is 4.79. The number of nitro benzene ring substituents is 1. The number of benzene rings is 1. The molecule has 1 heterocycles. The standard InChI is InChI=1S/C13H15BrN2O4/c14-9-5-6-10(12(8-9)16(19)20)15-7-3-1-2-4-11(15)13(17)18/h5-6,8,11H,1-4,7H2,(H,17,18). The summed E-state index contributed by atoms with van der Waals surface area (Å²) in [4.78, 5) is 23.8. The third-order valence-corrected chi connectivity index (χ3v) is 3.97. The fourth-order valence-electron chi connectivity index (χ4n) is 2.54. The van der Waals surface area contributed by atoms with Crippen LogP contribution < -0.4 is 4.90 Å². The zero-order valence-corrected chi connectivity index (χ0v) is 12.4. The summed E-state index contributed by atoms with van der Waals surface area (Å²) < 4.78 is 0.606. The molecule has 1 aliphatic rings. The van der Waals surface area contributed by atoms with Gasteiger partial charge in [0.05, 0.1) is 4.92 Å². The van der Waals surface area contributed by atoms with Gasteiger partial charge in [0.15, 0.2) is 0 Å². The smallest absolute Gasteiger partial charge is 0.326 e. The Balaban J connectivity index is 2.46. The van der Waals surface area contributed by atoms with Crippen LogP contribution >= 0.6 is 15.9 Å². The molecule has 1 unspecified atom stereocenters. The predicted octanol–water partition coefficient (Wildman–Crippen LogP) is 3.19. The number of rotatable bonds is 3. The minimum atomic E-state index is -0.927. The molecule has 0 aliphatic carbocycles. The Morgan fingerprint density at radius 1 is 1.40 bits per heavy atom. The number of carboxylic acids is 1. The average molecular weight is 343 g/mol. The van der Waals surface area contributed by atoms with E-state index >= 15 is 0 Å². The first-order valence-corrected chi connectivity index (χ1v) is 7.23. The second-order valence-corrected chi connectivity index (χ2v) is 5.70. The normalized spacial score (nSPS) is 19.4. The molecule has 1 aliphatic heterocycles. The lowest BCUT2D eigenvalue weighted by Gasteiger charge is -2.28. The van der Waals surface area contributed by atoms with E-state index in [1.807, 2.05) is 0 Å².